The summed E-state index contributed by atoms with van der Waals surface area (Å²) in [6.07, 6.45) is 7.24. The van der Waals surface area contributed by atoms with Crippen LogP contribution in [0.2, 0.25) is 0 Å². The van der Waals surface area contributed by atoms with Crippen LogP contribution in [0.15, 0.2) is 54.6 Å². The van der Waals surface area contributed by atoms with Crippen LogP contribution in [0.25, 0.3) is 12.2 Å². The number of nitrogens with one attached hydrogen (secondary N) is 1. The Bertz CT molecular complexity index is 882. The van der Waals surface area contributed by atoms with Gasteiger partial charge in [0.05, 0.1) is 13.2 Å². The van der Waals surface area contributed by atoms with Crippen LogP contribution in [-0.2, 0) is 20.7 Å². The number of amides is 1. The fourth-order valence-electron chi connectivity index (χ4n) is 2.70. The number of carbonyl (C=O) groups is 2. The zero-order valence-electron chi connectivity index (χ0n) is 15.1. The van der Waals surface area contributed by atoms with Gasteiger partial charge >= 0.3 is 5.97 Å². The molecular weight excluding hydrogens is 342 g/mol. The minimum Gasteiger partial charge on any atom is -0.493 e. The van der Waals surface area contributed by atoms with E-state index in [1.165, 1.54) is 17.7 Å². The number of anilines is 1. The molecule has 0 unspecified atom stereocenters. The SMILES string of the molecule is CCOC(=O)/C=C/c1ccc(NC(=O)/C=C/c2ccc3c(c2)CCO3)cc1. The molecule has 1 aliphatic rings. The Balaban J connectivity index is 1.55. The van der Waals surface area contributed by atoms with Crippen LogP contribution >= 0.6 is 0 Å². The Morgan fingerprint density at radius 2 is 1.81 bits per heavy atom. The molecule has 1 N–H and O–H groups in total. The third kappa shape index (κ3) is 5.31. The summed E-state index contributed by atoms with van der Waals surface area (Å²) >= 11 is 0. The minimum atomic E-state index is -0.377. The molecule has 3 rings (SSSR count). The molecule has 0 atom stereocenters. The second-order valence-corrected chi connectivity index (χ2v) is 6.00. The summed E-state index contributed by atoms with van der Waals surface area (Å²) in [5, 5.41) is 2.81. The van der Waals surface area contributed by atoms with E-state index in [2.05, 4.69) is 5.32 Å². The highest BCUT2D eigenvalue weighted by atomic mass is 16.5. The molecule has 0 aromatic heterocycles. The highest BCUT2D eigenvalue weighted by Gasteiger charge is 2.11. The molecule has 1 heterocycles. The van der Waals surface area contributed by atoms with Crippen molar-refractivity contribution in [3.05, 3.63) is 71.3 Å². The number of ether oxygens (including phenoxy) is 2. The average Bonchev–Trinajstić information content (AvgIpc) is 3.14. The average molecular weight is 363 g/mol. The van der Waals surface area contributed by atoms with E-state index >= 15 is 0 Å². The molecule has 5 nitrogen and oxygen atoms in total. The van der Waals surface area contributed by atoms with E-state index in [9.17, 15) is 9.59 Å². The first-order valence-electron chi connectivity index (χ1n) is 8.84. The quantitative estimate of drug-likeness (QED) is 0.625. The normalized spacial score (nSPS) is 12.8. The van der Waals surface area contributed by atoms with Crippen LogP contribution in [-0.4, -0.2) is 25.1 Å². The lowest BCUT2D eigenvalue weighted by Gasteiger charge is -2.03. The molecular formula is C22H21NO4. The van der Waals surface area contributed by atoms with Gasteiger partial charge in [0, 0.05) is 24.3 Å². The summed E-state index contributed by atoms with van der Waals surface area (Å²) in [7, 11) is 0. The Morgan fingerprint density at radius 1 is 1.07 bits per heavy atom. The van der Waals surface area contributed by atoms with Crippen LogP contribution in [0.4, 0.5) is 5.69 Å². The van der Waals surface area contributed by atoms with Gasteiger partial charge in [-0.2, -0.15) is 0 Å². The second-order valence-electron chi connectivity index (χ2n) is 6.00. The van der Waals surface area contributed by atoms with Crippen molar-refractivity contribution in [2.24, 2.45) is 0 Å². The molecule has 2 aromatic carbocycles. The lowest BCUT2D eigenvalue weighted by molar-refractivity contribution is -0.137. The highest BCUT2D eigenvalue weighted by Crippen LogP contribution is 2.26. The Labute approximate surface area is 158 Å². The maximum atomic E-state index is 12.1. The van der Waals surface area contributed by atoms with Gasteiger partial charge in [-0.05, 0) is 60.0 Å². The van der Waals surface area contributed by atoms with Crippen LogP contribution in [0.5, 0.6) is 5.75 Å². The first kappa shape index (κ1) is 18.5. The van der Waals surface area contributed by atoms with Gasteiger partial charge in [-0.3, -0.25) is 4.79 Å². The van der Waals surface area contributed by atoms with Crippen LogP contribution in [0, 0.1) is 0 Å². The van der Waals surface area contributed by atoms with Gasteiger partial charge in [-0.1, -0.05) is 18.2 Å². The molecule has 0 spiro atoms. The van der Waals surface area contributed by atoms with Crippen molar-refractivity contribution in [2.45, 2.75) is 13.3 Å². The van der Waals surface area contributed by atoms with Gasteiger partial charge in [0.25, 0.3) is 0 Å². The number of carbonyl (C=O) groups excluding carboxylic acids is 2. The van der Waals surface area contributed by atoms with Crippen LogP contribution in [0.1, 0.15) is 23.6 Å². The van der Waals surface area contributed by atoms with Crippen molar-refractivity contribution in [1.82, 2.24) is 0 Å². The fraction of sp³-hybridized carbons (Fsp3) is 0.182. The van der Waals surface area contributed by atoms with Gasteiger partial charge in [0.2, 0.25) is 5.91 Å². The Morgan fingerprint density at radius 3 is 2.59 bits per heavy atom. The van der Waals surface area contributed by atoms with Crippen molar-refractivity contribution in [3.8, 4) is 5.75 Å². The monoisotopic (exact) mass is 363 g/mol. The topological polar surface area (TPSA) is 64.6 Å². The number of fused-ring (bicyclic) bond motifs is 1. The maximum absolute atomic E-state index is 12.1. The summed E-state index contributed by atoms with van der Waals surface area (Å²) in [6.45, 7) is 2.82. The molecule has 2 aromatic rings. The van der Waals surface area contributed by atoms with Crippen molar-refractivity contribution in [2.75, 3.05) is 18.5 Å². The largest absolute Gasteiger partial charge is 0.493 e. The van der Waals surface area contributed by atoms with Gasteiger partial charge in [0.1, 0.15) is 5.75 Å². The van der Waals surface area contributed by atoms with E-state index in [0.717, 1.165) is 23.3 Å². The van der Waals surface area contributed by atoms with Crippen molar-refractivity contribution in [1.29, 1.82) is 0 Å². The van der Waals surface area contributed by atoms with E-state index in [-0.39, 0.29) is 11.9 Å². The summed E-state index contributed by atoms with van der Waals surface area (Å²) in [6, 6.07) is 13.1. The van der Waals surface area contributed by atoms with Crippen molar-refractivity contribution in [3.63, 3.8) is 0 Å². The molecule has 0 radical (unpaired) electrons. The summed E-state index contributed by atoms with van der Waals surface area (Å²) < 4.78 is 10.3. The number of rotatable bonds is 6. The number of esters is 1. The second kappa shape index (κ2) is 8.85. The van der Waals surface area contributed by atoms with E-state index in [1.54, 1.807) is 31.2 Å². The maximum Gasteiger partial charge on any atom is 0.330 e. The molecule has 0 bridgehead atoms. The first-order valence-corrected chi connectivity index (χ1v) is 8.84. The smallest absolute Gasteiger partial charge is 0.330 e. The van der Waals surface area contributed by atoms with Crippen LogP contribution in [0.3, 0.4) is 0 Å². The predicted octanol–water partition coefficient (Wildman–Crippen LogP) is 3.85. The molecule has 0 fully saturated rings. The van der Waals surface area contributed by atoms with E-state index < -0.39 is 0 Å². The molecule has 0 saturated carbocycles. The third-order valence-corrected chi connectivity index (χ3v) is 4.02. The number of hydrogen-bond acceptors (Lipinski definition) is 4. The summed E-state index contributed by atoms with van der Waals surface area (Å²) in [5.41, 5.74) is 3.66. The predicted molar refractivity (Wildman–Crippen MR) is 105 cm³/mol. The zero-order valence-corrected chi connectivity index (χ0v) is 15.1. The standard InChI is InChI=1S/C22H21NO4/c1-2-26-22(25)12-7-16-3-8-19(9-4-16)23-21(24)11-6-17-5-10-20-18(15-17)13-14-27-20/h3-12,15H,2,13-14H2,1H3,(H,23,24)/b11-6+,12-7+. The lowest BCUT2D eigenvalue weighted by Crippen LogP contribution is -2.07. The van der Waals surface area contributed by atoms with Gasteiger partial charge in [0.15, 0.2) is 0 Å². The zero-order chi connectivity index (χ0) is 19.1. The van der Waals surface area contributed by atoms with Gasteiger partial charge in [-0.25, -0.2) is 4.79 Å². The van der Waals surface area contributed by atoms with Gasteiger partial charge in [-0.15, -0.1) is 0 Å². The lowest BCUT2D eigenvalue weighted by atomic mass is 10.1. The minimum absolute atomic E-state index is 0.207. The Kier molecular flexibility index (Phi) is 6.05. The number of hydrogen-bond donors (Lipinski definition) is 1. The van der Waals surface area contributed by atoms with Crippen LogP contribution < -0.4 is 10.1 Å². The fourth-order valence-corrected chi connectivity index (χ4v) is 2.70. The molecule has 0 aliphatic carbocycles. The first-order chi connectivity index (χ1) is 13.1. The van der Waals surface area contributed by atoms with E-state index in [0.29, 0.717) is 18.9 Å². The molecule has 5 heteroatoms. The number of benzene rings is 2. The van der Waals surface area contributed by atoms with Gasteiger partial charge < -0.3 is 14.8 Å². The molecule has 1 amide bonds. The molecule has 27 heavy (non-hydrogen) atoms. The molecule has 1 aliphatic heterocycles. The van der Waals surface area contributed by atoms with Crippen molar-refractivity contribution >= 4 is 29.7 Å². The third-order valence-electron chi connectivity index (χ3n) is 4.02. The summed E-state index contributed by atoms with van der Waals surface area (Å²) in [4.78, 5) is 23.4. The molecule has 0 saturated heterocycles. The van der Waals surface area contributed by atoms with E-state index in [1.807, 2.05) is 30.3 Å². The summed E-state index contributed by atoms with van der Waals surface area (Å²) in [5.74, 6) is 0.341. The Hall–Kier alpha value is -3.34. The highest BCUT2D eigenvalue weighted by molar-refractivity contribution is 6.02. The molecule has 138 valence electrons. The van der Waals surface area contributed by atoms with E-state index in [4.69, 9.17) is 9.47 Å². The van der Waals surface area contributed by atoms with Crippen molar-refractivity contribution < 1.29 is 19.1 Å².